The number of aliphatic hydroxyl groups is 2. The molecule has 0 amide bonds. The van der Waals surface area contributed by atoms with Crippen molar-refractivity contribution in [2.24, 2.45) is 11.8 Å². The topological polar surface area (TPSA) is 81.5 Å². The molecule has 0 spiro atoms. The van der Waals surface area contributed by atoms with Gasteiger partial charge in [-0.25, -0.2) is 4.79 Å². The average Bonchev–Trinajstić information content (AvgIpc) is 2.94. The van der Waals surface area contributed by atoms with Crippen molar-refractivity contribution in [2.45, 2.75) is 31.6 Å². The number of imidazole rings is 1. The van der Waals surface area contributed by atoms with Gasteiger partial charge >= 0.3 is 5.69 Å². The molecule has 1 aromatic rings. The number of likely N-dealkylation sites (tertiary alicyclic amines) is 1. The number of fused-ring (bicyclic) bond motifs is 1. The Labute approximate surface area is 111 Å². The first-order valence-corrected chi connectivity index (χ1v) is 6.96. The zero-order valence-electron chi connectivity index (χ0n) is 10.9. The Hall–Kier alpha value is -1.11. The molecule has 0 unspecified atom stereocenters. The van der Waals surface area contributed by atoms with Crippen molar-refractivity contribution in [2.75, 3.05) is 19.6 Å². The van der Waals surface area contributed by atoms with Crippen molar-refractivity contribution in [1.82, 2.24) is 14.5 Å². The van der Waals surface area contributed by atoms with Crippen molar-refractivity contribution < 1.29 is 10.2 Å². The van der Waals surface area contributed by atoms with Gasteiger partial charge in [-0.05, 0) is 24.7 Å². The summed E-state index contributed by atoms with van der Waals surface area (Å²) < 4.78 is 1.67. The first kappa shape index (κ1) is 12.9. The van der Waals surface area contributed by atoms with Crippen LogP contribution in [-0.2, 0) is 6.54 Å². The standard InChI is InChI=1S/C13H21N3O3/c17-11-5-9-7-15(8-10(9)6-12(11)18)3-4-16-2-1-14-13(16)19/h1-2,9-12,17-18H,3-8H2,(H,14,19)/t9-,10+,11-,12-/m0/s1. The first-order chi connectivity index (χ1) is 9.13. The largest absolute Gasteiger partial charge is 0.390 e. The highest BCUT2D eigenvalue weighted by Gasteiger charge is 2.40. The molecule has 1 aliphatic carbocycles. The van der Waals surface area contributed by atoms with E-state index < -0.39 is 12.2 Å². The van der Waals surface area contributed by atoms with Crippen LogP contribution >= 0.6 is 0 Å². The maximum atomic E-state index is 11.4. The molecule has 2 heterocycles. The van der Waals surface area contributed by atoms with Gasteiger partial charge in [-0.2, -0.15) is 0 Å². The molecule has 4 atom stereocenters. The van der Waals surface area contributed by atoms with Crippen molar-refractivity contribution in [1.29, 1.82) is 0 Å². The van der Waals surface area contributed by atoms with E-state index in [1.165, 1.54) is 0 Å². The van der Waals surface area contributed by atoms with Crippen molar-refractivity contribution in [3.63, 3.8) is 0 Å². The Morgan fingerprint density at radius 3 is 2.32 bits per heavy atom. The molecule has 19 heavy (non-hydrogen) atoms. The highest BCUT2D eigenvalue weighted by Crippen LogP contribution is 2.36. The Morgan fingerprint density at radius 1 is 1.16 bits per heavy atom. The lowest BCUT2D eigenvalue weighted by atomic mass is 9.79. The van der Waals surface area contributed by atoms with Crippen LogP contribution in [0.25, 0.3) is 0 Å². The molecule has 2 fully saturated rings. The van der Waals surface area contributed by atoms with E-state index in [4.69, 9.17) is 0 Å². The molecule has 1 saturated heterocycles. The van der Waals surface area contributed by atoms with E-state index in [9.17, 15) is 15.0 Å². The molecule has 0 radical (unpaired) electrons. The normalized spacial score (nSPS) is 35.5. The lowest BCUT2D eigenvalue weighted by Crippen LogP contribution is -2.38. The summed E-state index contributed by atoms with van der Waals surface area (Å²) in [6.07, 6.45) is 3.69. The third-order valence-electron chi connectivity index (χ3n) is 4.56. The smallest absolute Gasteiger partial charge is 0.325 e. The second kappa shape index (κ2) is 5.11. The Morgan fingerprint density at radius 2 is 1.79 bits per heavy atom. The zero-order chi connectivity index (χ0) is 13.4. The summed E-state index contributed by atoms with van der Waals surface area (Å²) in [4.78, 5) is 16.3. The number of aliphatic hydroxyl groups excluding tert-OH is 2. The quantitative estimate of drug-likeness (QED) is 0.672. The van der Waals surface area contributed by atoms with Crippen molar-refractivity contribution in [3.05, 3.63) is 22.9 Å². The minimum Gasteiger partial charge on any atom is -0.390 e. The fourth-order valence-corrected chi connectivity index (χ4v) is 3.46. The molecule has 1 saturated carbocycles. The fraction of sp³-hybridized carbons (Fsp3) is 0.769. The average molecular weight is 267 g/mol. The highest BCUT2D eigenvalue weighted by atomic mass is 16.3. The van der Waals surface area contributed by atoms with Crippen LogP contribution < -0.4 is 5.69 Å². The Kier molecular flexibility index (Phi) is 3.47. The molecule has 3 N–H and O–H groups in total. The summed E-state index contributed by atoms with van der Waals surface area (Å²) in [5.41, 5.74) is -0.0672. The van der Waals surface area contributed by atoms with Crippen LogP contribution in [0.3, 0.4) is 0 Å². The number of nitrogens with one attached hydrogen (secondary N) is 1. The molecule has 0 aromatic carbocycles. The molecule has 6 nitrogen and oxygen atoms in total. The summed E-state index contributed by atoms with van der Waals surface area (Å²) in [5, 5.41) is 19.4. The predicted octanol–water partition coefficient (Wildman–Crippen LogP) is -0.760. The van der Waals surface area contributed by atoms with Crippen molar-refractivity contribution in [3.8, 4) is 0 Å². The maximum absolute atomic E-state index is 11.4. The van der Waals surface area contributed by atoms with E-state index >= 15 is 0 Å². The van der Waals surface area contributed by atoms with E-state index in [1.54, 1.807) is 17.0 Å². The number of nitrogens with zero attached hydrogens (tertiary/aromatic N) is 2. The van der Waals surface area contributed by atoms with Gasteiger partial charge in [-0.1, -0.05) is 0 Å². The third-order valence-corrected chi connectivity index (χ3v) is 4.56. The lowest BCUT2D eigenvalue weighted by molar-refractivity contribution is -0.0372. The van der Waals surface area contributed by atoms with E-state index in [0.29, 0.717) is 31.2 Å². The van der Waals surface area contributed by atoms with E-state index in [1.807, 2.05) is 0 Å². The fourth-order valence-electron chi connectivity index (χ4n) is 3.46. The minimum atomic E-state index is -0.562. The van der Waals surface area contributed by atoms with Gasteiger partial charge in [0.05, 0.1) is 12.2 Å². The maximum Gasteiger partial charge on any atom is 0.325 e. The number of hydrogen-bond donors (Lipinski definition) is 3. The van der Waals surface area contributed by atoms with Crippen LogP contribution in [0.5, 0.6) is 0 Å². The lowest BCUT2D eigenvalue weighted by Gasteiger charge is -2.32. The SMILES string of the molecule is O=c1[nH]ccn1CCN1C[C@H]2C[C@H](O)[C@@H](O)C[C@H]2C1. The molecule has 1 aliphatic heterocycles. The van der Waals surface area contributed by atoms with E-state index in [-0.39, 0.29) is 5.69 Å². The van der Waals surface area contributed by atoms with Gasteiger partial charge in [0.1, 0.15) is 0 Å². The summed E-state index contributed by atoms with van der Waals surface area (Å²) >= 11 is 0. The molecule has 6 heteroatoms. The number of H-pyrrole nitrogens is 1. The van der Waals surface area contributed by atoms with E-state index in [2.05, 4.69) is 9.88 Å². The minimum absolute atomic E-state index is 0.0672. The number of hydrogen-bond acceptors (Lipinski definition) is 4. The van der Waals surface area contributed by atoms with Crippen molar-refractivity contribution >= 4 is 0 Å². The zero-order valence-corrected chi connectivity index (χ0v) is 10.9. The number of aromatic amines is 1. The molecule has 0 bridgehead atoms. The summed E-state index contributed by atoms with van der Waals surface area (Å²) in [5.74, 6) is 0.975. The molecular formula is C13H21N3O3. The Balaban J connectivity index is 1.55. The number of rotatable bonds is 3. The first-order valence-electron chi connectivity index (χ1n) is 6.96. The molecular weight excluding hydrogens is 246 g/mol. The van der Waals surface area contributed by atoms with Gasteiger partial charge in [0.2, 0.25) is 0 Å². The van der Waals surface area contributed by atoms with Crippen LogP contribution in [0.1, 0.15) is 12.8 Å². The second-order valence-electron chi connectivity index (χ2n) is 5.84. The summed E-state index contributed by atoms with van der Waals surface area (Å²) in [6.45, 7) is 3.46. The van der Waals surface area contributed by atoms with Gasteiger partial charge in [-0.15, -0.1) is 0 Å². The molecule has 2 aliphatic rings. The van der Waals surface area contributed by atoms with Gasteiger partial charge in [0, 0.05) is 38.6 Å². The van der Waals surface area contributed by atoms with Gasteiger partial charge in [-0.3, -0.25) is 4.57 Å². The predicted molar refractivity (Wildman–Crippen MR) is 69.7 cm³/mol. The summed E-state index contributed by atoms with van der Waals surface area (Å²) in [7, 11) is 0. The monoisotopic (exact) mass is 267 g/mol. The molecule has 106 valence electrons. The number of aromatic nitrogens is 2. The highest BCUT2D eigenvalue weighted by molar-refractivity contribution is 4.93. The Bertz CT molecular complexity index is 465. The third kappa shape index (κ3) is 2.61. The second-order valence-corrected chi connectivity index (χ2v) is 5.84. The van der Waals surface area contributed by atoms with Crippen LogP contribution in [0.4, 0.5) is 0 Å². The summed E-state index contributed by atoms with van der Waals surface area (Å²) in [6, 6.07) is 0. The van der Waals surface area contributed by atoms with E-state index in [0.717, 1.165) is 19.6 Å². The van der Waals surface area contributed by atoms with Gasteiger partial charge < -0.3 is 20.1 Å². The van der Waals surface area contributed by atoms with Gasteiger partial charge in [0.25, 0.3) is 0 Å². The van der Waals surface area contributed by atoms with Crippen LogP contribution in [0.2, 0.25) is 0 Å². The van der Waals surface area contributed by atoms with Crippen LogP contribution in [0, 0.1) is 11.8 Å². The van der Waals surface area contributed by atoms with Crippen LogP contribution in [-0.4, -0.2) is 56.5 Å². The molecule has 1 aromatic heterocycles. The molecule has 3 rings (SSSR count). The van der Waals surface area contributed by atoms with Crippen LogP contribution in [0.15, 0.2) is 17.2 Å². The van der Waals surface area contributed by atoms with Gasteiger partial charge in [0.15, 0.2) is 0 Å².